The van der Waals surface area contributed by atoms with Gasteiger partial charge in [0, 0.05) is 11.0 Å². The summed E-state index contributed by atoms with van der Waals surface area (Å²) in [5.41, 5.74) is 0. The van der Waals surface area contributed by atoms with Crippen molar-refractivity contribution < 1.29 is 8.53 Å². The molecule has 32 valence electrons. The maximum absolute atomic E-state index is 6.77. The van der Waals surface area contributed by atoms with Crippen LogP contribution in [0.15, 0.2) is 16.9 Å². The molecule has 0 bridgehead atoms. The zero-order valence-corrected chi connectivity index (χ0v) is 3.01. The van der Waals surface area contributed by atoms with E-state index < -0.39 is 6.85 Å². The van der Waals surface area contributed by atoms with Gasteiger partial charge in [0.2, 0.25) is 0 Å². The van der Waals surface area contributed by atoms with Crippen molar-refractivity contribution in [3.63, 3.8) is 0 Å². The van der Waals surface area contributed by atoms with Crippen molar-refractivity contribution in [2.24, 2.45) is 0 Å². The summed E-state index contributed by atoms with van der Waals surface area (Å²) in [6.45, 7) is -2.20. The molecule has 1 heterocycles. The van der Waals surface area contributed by atoms with Crippen LogP contribution in [-0.2, 0) is 0 Å². The molecule has 0 spiro atoms. The average Bonchev–Trinajstić information content (AvgIpc) is 2.08. The summed E-state index contributed by atoms with van der Waals surface area (Å²) < 4.78 is 24.8. The van der Waals surface area contributed by atoms with Crippen molar-refractivity contribution in [2.45, 2.75) is 6.85 Å². The van der Waals surface area contributed by atoms with Gasteiger partial charge in [-0.05, 0) is 0 Å². The Morgan fingerprint density at radius 2 is 3.17 bits per heavy atom. The maximum atomic E-state index is 6.77. The highest BCUT2D eigenvalue weighted by Gasteiger charge is 1.77. The summed E-state index contributed by atoms with van der Waals surface area (Å²) >= 11 is 0. The molecular weight excluding hydrogens is 78.0 g/mol. The molecule has 2 heteroatoms. The Labute approximate surface area is 40.0 Å². The summed E-state index contributed by atoms with van der Waals surface area (Å²) in [5, 5.41) is 0. The predicted molar refractivity (Wildman–Crippen MR) is 21.2 cm³/mol. The second-order valence-corrected chi connectivity index (χ2v) is 0.837. The summed E-state index contributed by atoms with van der Waals surface area (Å²) in [5.74, 6) is -0.206. The first-order valence-electron chi connectivity index (χ1n) is 3.00. The molecule has 6 heavy (non-hydrogen) atoms. The van der Waals surface area contributed by atoms with Crippen LogP contribution in [0.4, 0.5) is 0 Å². The fourth-order valence-electron chi connectivity index (χ4n) is 0.223. The van der Waals surface area contributed by atoms with Gasteiger partial charge in [-0.2, -0.15) is 0 Å². The molecule has 0 aromatic carbocycles. The van der Waals surface area contributed by atoms with E-state index in [2.05, 4.69) is 9.40 Å². The Morgan fingerprint density at radius 1 is 2.17 bits per heavy atom. The zero-order chi connectivity index (χ0) is 6.91. The van der Waals surface area contributed by atoms with Crippen molar-refractivity contribution >= 4 is 0 Å². The number of rotatable bonds is 0. The minimum atomic E-state index is -2.20. The van der Waals surface area contributed by atoms with Gasteiger partial charge in [-0.3, -0.25) is 0 Å². The highest BCUT2D eigenvalue weighted by atomic mass is 16.3. The van der Waals surface area contributed by atoms with E-state index in [1.165, 1.54) is 12.5 Å². The fourth-order valence-corrected chi connectivity index (χ4v) is 0.223. The lowest BCUT2D eigenvalue weighted by Gasteiger charge is -1.67. The van der Waals surface area contributed by atoms with Crippen LogP contribution in [0.5, 0.6) is 0 Å². The van der Waals surface area contributed by atoms with Gasteiger partial charge >= 0.3 is 0 Å². The summed E-state index contributed by atoms with van der Waals surface area (Å²) in [6, 6.07) is 0. The van der Waals surface area contributed by atoms with Gasteiger partial charge in [-0.1, -0.05) is 0 Å². The van der Waals surface area contributed by atoms with Gasteiger partial charge in [0.05, 0.1) is 6.20 Å². The Hall–Kier alpha value is -0.790. The number of aromatic nitrogens is 1. The average molecular weight is 86.1 g/mol. The predicted octanol–water partition coefficient (Wildman–Crippen LogP) is 0.983. The fraction of sp³-hybridized carbons (Fsp3) is 0.250. The van der Waals surface area contributed by atoms with Gasteiger partial charge in [-0.15, -0.1) is 0 Å². The van der Waals surface area contributed by atoms with E-state index in [0.717, 1.165) is 0 Å². The van der Waals surface area contributed by atoms with Crippen molar-refractivity contribution in [2.75, 3.05) is 0 Å². The van der Waals surface area contributed by atoms with Gasteiger partial charge in [0.1, 0.15) is 6.26 Å². The summed E-state index contributed by atoms with van der Waals surface area (Å²) in [6.07, 6.45) is 2.55. The number of hydrogen-bond donors (Lipinski definition) is 0. The molecule has 0 radical (unpaired) electrons. The largest absolute Gasteiger partial charge is 0.449 e. The number of oxazole rings is 1. The van der Waals surface area contributed by atoms with Crippen LogP contribution in [-0.4, -0.2) is 4.98 Å². The molecule has 0 amide bonds. The molecule has 0 saturated heterocycles. The monoisotopic (exact) mass is 86.1 g/mol. The van der Waals surface area contributed by atoms with Crippen molar-refractivity contribution in [1.82, 2.24) is 4.98 Å². The molecule has 1 aromatic heterocycles. The molecule has 0 fully saturated rings. The van der Waals surface area contributed by atoms with Gasteiger partial charge < -0.3 is 4.42 Å². The SMILES string of the molecule is [2H]C([2H])([2H])c1ncco1. The number of aryl methyl sites for hydroxylation is 1. The van der Waals surface area contributed by atoms with E-state index in [-0.39, 0.29) is 5.89 Å². The van der Waals surface area contributed by atoms with E-state index in [1.807, 2.05) is 0 Å². The molecule has 0 aliphatic carbocycles. The van der Waals surface area contributed by atoms with Crippen LogP contribution >= 0.6 is 0 Å². The molecule has 0 aliphatic heterocycles. The number of nitrogens with zero attached hydrogens (tertiary/aromatic N) is 1. The Bertz CT molecular complexity index is 178. The topological polar surface area (TPSA) is 26.0 Å². The van der Waals surface area contributed by atoms with E-state index in [9.17, 15) is 0 Å². The maximum Gasteiger partial charge on any atom is 0.190 e. The zero-order valence-electron chi connectivity index (χ0n) is 6.01. The van der Waals surface area contributed by atoms with Crippen LogP contribution < -0.4 is 0 Å². The standard InChI is InChI=1S/C4H5NO/c1-4-5-2-3-6-4/h2-3H,1H3/i1D3. The lowest BCUT2D eigenvalue weighted by Crippen LogP contribution is -1.59. The normalized spacial score (nSPS) is 18.3. The Morgan fingerprint density at radius 3 is 3.50 bits per heavy atom. The van der Waals surface area contributed by atoms with Crippen LogP contribution in [0.2, 0.25) is 0 Å². The van der Waals surface area contributed by atoms with E-state index in [0.29, 0.717) is 0 Å². The van der Waals surface area contributed by atoms with Crippen molar-refractivity contribution in [1.29, 1.82) is 0 Å². The van der Waals surface area contributed by atoms with Crippen LogP contribution in [0.1, 0.15) is 10.0 Å². The molecule has 1 aromatic rings. The summed E-state index contributed by atoms with van der Waals surface area (Å²) in [7, 11) is 0. The van der Waals surface area contributed by atoms with E-state index >= 15 is 0 Å². The third-order valence-corrected chi connectivity index (χ3v) is 0.432. The Balaban J connectivity index is 2.90. The molecule has 0 unspecified atom stereocenters. The number of hydrogen-bond acceptors (Lipinski definition) is 2. The third-order valence-electron chi connectivity index (χ3n) is 0.432. The summed E-state index contributed by atoms with van der Waals surface area (Å²) in [4.78, 5) is 3.46. The molecule has 0 saturated carbocycles. The first-order valence-corrected chi connectivity index (χ1v) is 1.50. The Kier molecular flexibility index (Phi) is 0.257. The molecule has 0 atom stereocenters. The minimum Gasteiger partial charge on any atom is -0.449 e. The second kappa shape index (κ2) is 1.12. The first-order chi connectivity index (χ1) is 4.11. The smallest absolute Gasteiger partial charge is 0.190 e. The van der Waals surface area contributed by atoms with Crippen molar-refractivity contribution in [3.8, 4) is 0 Å². The van der Waals surface area contributed by atoms with Gasteiger partial charge in [0.15, 0.2) is 5.89 Å². The first kappa shape index (κ1) is 1.37. The van der Waals surface area contributed by atoms with Gasteiger partial charge in [-0.25, -0.2) is 4.98 Å². The van der Waals surface area contributed by atoms with Crippen LogP contribution in [0.25, 0.3) is 0 Å². The lowest BCUT2D eigenvalue weighted by molar-refractivity contribution is 0.521. The van der Waals surface area contributed by atoms with Crippen LogP contribution in [0, 0.1) is 6.85 Å². The minimum absolute atomic E-state index is 0.206. The molecule has 2 nitrogen and oxygen atoms in total. The van der Waals surface area contributed by atoms with E-state index in [4.69, 9.17) is 4.11 Å². The second-order valence-electron chi connectivity index (χ2n) is 0.837. The molecule has 0 aliphatic rings. The van der Waals surface area contributed by atoms with Crippen molar-refractivity contribution in [3.05, 3.63) is 18.4 Å². The molecule has 0 N–H and O–H groups in total. The third kappa shape index (κ3) is 0.407. The highest BCUT2D eigenvalue weighted by Crippen LogP contribution is 1.86. The molecule has 1 rings (SSSR count). The lowest BCUT2D eigenvalue weighted by atomic mass is 10.8. The highest BCUT2D eigenvalue weighted by molar-refractivity contribution is 4.72. The quantitative estimate of drug-likeness (QED) is 0.470. The molecular formula is C4H5NO. The van der Waals surface area contributed by atoms with Gasteiger partial charge in [0.25, 0.3) is 0 Å². The van der Waals surface area contributed by atoms with E-state index in [1.54, 1.807) is 0 Å². The van der Waals surface area contributed by atoms with Crippen LogP contribution in [0.3, 0.4) is 0 Å².